The second-order valence-electron chi connectivity index (χ2n) is 7.11. The minimum atomic E-state index is -0.282. The van der Waals surface area contributed by atoms with E-state index in [1.165, 1.54) is 11.8 Å². The molecule has 2 aromatic carbocycles. The maximum absolute atomic E-state index is 12.7. The van der Waals surface area contributed by atoms with Crippen molar-refractivity contribution < 1.29 is 9.59 Å². The Labute approximate surface area is 178 Å². The Kier molecular flexibility index (Phi) is 6.13. The number of Topliss-reactive ketones (excluding diaryl/α,β-unsaturated/α-hetero) is 1. The number of nitrogens with one attached hydrogen (secondary N) is 1. The molecule has 4 rings (SSSR count). The van der Waals surface area contributed by atoms with Crippen molar-refractivity contribution in [1.29, 1.82) is 0 Å². The van der Waals surface area contributed by atoms with Gasteiger partial charge in [0, 0.05) is 30.8 Å². The third-order valence-corrected chi connectivity index (χ3v) is 6.05. The topological polar surface area (TPSA) is 88.1 Å². The van der Waals surface area contributed by atoms with Gasteiger partial charge in [-0.3, -0.25) is 14.2 Å². The lowest BCUT2D eigenvalue weighted by molar-refractivity contribution is -0.117. The molecule has 1 aliphatic heterocycles. The number of thioether (sulfide) groups is 1. The van der Waals surface area contributed by atoms with Crippen molar-refractivity contribution in [3.8, 4) is 0 Å². The molecule has 2 heterocycles. The molecular weight excluding hydrogens is 400 g/mol. The normalized spacial score (nSPS) is 13.7. The van der Waals surface area contributed by atoms with Crippen molar-refractivity contribution in [2.45, 2.75) is 31.0 Å². The van der Waals surface area contributed by atoms with Gasteiger partial charge >= 0.3 is 5.69 Å². The molecule has 154 valence electrons. The van der Waals surface area contributed by atoms with Crippen molar-refractivity contribution in [1.82, 2.24) is 14.8 Å². The zero-order valence-electron chi connectivity index (χ0n) is 16.4. The van der Waals surface area contributed by atoms with Crippen LogP contribution in [0.2, 0.25) is 0 Å². The van der Waals surface area contributed by atoms with Crippen molar-refractivity contribution in [2.24, 2.45) is 0 Å². The highest BCUT2D eigenvalue weighted by Crippen LogP contribution is 2.23. The van der Waals surface area contributed by atoms with Crippen LogP contribution in [0.1, 0.15) is 28.8 Å². The van der Waals surface area contributed by atoms with E-state index in [-0.39, 0.29) is 23.1 Å². The van der Waals surface area contributed by atoms with E-state index in [1.807, 2.05) is 36.4 Å². The molecule has 0 bridgehead atoms. The third-order valence-electron chi connectivity index (χ3n) is 5.08. The van der Waals surface area contributed by atoms with E-state index >= 15 is 0 Å². The minimum Gasteiger partial charge on any atom is -0.312 e. The monoisotopic (exact) mass is 422 g/mol. The summed E-state index contributed by atoms with van der Waals surface area (Å²) >= 11 is 1.24. The first-order valence-corrected chi connectivity index (χ1v) is 10.9. The first-order chi connectivity index (χ1) is 14.6. The predicted octanol–water partition coefficient (Wildman–Crippen LogP) is 2.92. The van der Waals surface area contributed by atoms with Gasteiger partial charge in [-0.2, -0.15) is 0 Å². The number of carbonyl (C=O) groups is 2. The highest BCUT2D eigenvalue weighted by molar-refractivity contribution is 7.99. The van der Waals surface area contributed by atoms with E-state index in [2.05, 4.69) is 10.2 Å². The summed E-state index contributed by atoms with van der Waals surface area (Å²) in [7, 11) is 0. The molecule has 1 aromatic heterocycles. The van der Waals surface area contributed by atoms with Crippen LogP contribution in [0, 0.1) is 0 Å². The number of benzene rings is 2. The highest BCUT2D eigenvalue weighted by Gasteiger charge is 2.22. The predicted molar refractivity (Wildman–Crippen MR) is 116 cm³/mol. The fourth-order valence-electron chi connectivity index (χ4n) is 3.48. The maximum atomic E-state index is 12.7. The number of rotatable bonds is 8. The lowest BCUT2D eigenvalue weighted by Crippen LogP contribution is -2.23. The summed E-state index contributed by atoms with van der Waals surface area (Å²) in [4.78, 5) is 38.5. The van der Waals surface area contributed by atoms with E-state index in [4.69, 9.17) is 0 Å². The summed E-state index contributed by atoms with van der Waals surface area (Å²) in [6.07, 6.45) is 2.09. The first kappa shape index (κ1) is 20.2. The lowest BCUT2D eigenvalue weighted by Gasteiger charge is -2.16. The molecule has 1 amide bonds. The van der Waals surface area contributed by atoms with E-state index in [0.29, 0.717) is 36.7 Å². The van der Waals surface area contributed by atoms with Gasteiger partial charge < -0.3 is 4.90 Å². The Morgan fingerprint density at radius 1 is 1.10 bits per heavy atom. The standard InChI is InChI=1S/C22H22N4O3S/c27-19(17-8-4-9-18(14-17)25-12-5-10-20(25)28)15-30-22-24-23-21(29)26(22)13-11-16-6-2-1-3-7-16/h1-4,6-9,14H,5,10-13,15H2,(H,23,29). The number of ketones is 1. The van der Waals surface area contributed by atoms with Gasteiger partial charge in [-0.15, -0.1) is 5.10 Å². The molecule has 0 atom stereocenters. The van der Waals surface area contributed by atoms with Gasteiger partial charge in [-0.05, 0) is 30.5 Å². The Morgan fingerprint density at radius 3 is 2.70 bits per heavy atom. The van der Waals surface area contributed by atoms with Gasteiger partial charge in [0.05, 0.1) is 5.75 Å². The van der Waals surface area contributed by atoms with Gasteiger partial charge in [0.1, 0.15) is 0 Å². The lowest BCUT2D eigenvalue weighted by atomic mass is 10.1. The average molecular weight is 423 g/mol. The molecule has 8 heteroatoms. The first-order valence-electron chi connectivity index (χ1n) is 9.87. The molecule has 1 saturated heterocycles. The smallest absolute Gasteiger partial charge is 0.312 e. The second-order valence-corrected chi connectivity index (χ2v) is 8.05. The van der Waals surface area contributed by atoms with Crippen LogP contribution >= 0.6 is 11.8 Å². The average Bonchev–Trinajstić information content (AvgIpc) is 3.36. The van der Waals surface area contributed by atoms with Crippen molar-refractivity contribution >= 4 is 29.1 Å². The van der Waals surface area contributed by atoms with Gasteiger partial charge in [-0.1, -0.05) is 54.2 Å². The van der Waals surface area contributed by atoms with E-state index in [0.717, 1.165) is 17.7 Å². The second kappa shape index (κ2) is 9.13. The summed E-state index contributed by atoms with van der Waals surface area (Å²) in [5.41, 5.74) is 2.16. The summed E-state index contributed by atoms with van der Waals surface area (Å²) in [5, 5.41) is 7.03. The summed E-state index contributed by atoms with van der Waals surface area (Å²) in [6, 6.07) is 17.1. The number of aryl methyl sites for hydroxylation is 1. The Hall–Kier alpha value is -3.13. The van der Waals surface area contributed by atoms with Gasteiger partial charge in [0.15, 0.2) is 10.9 Å². The van der Waals surface area contributed by atoms with Crippen LogP contribution in [0.25, 0.3) is 0 Å². The number of H-pyrrole nitrogens is 1. The number of aromatic amines is 1. The summed E-state index contributed by atoms with van der Waals surface area (Å²) in [6.45, 7) is 1.18. The highest BCUT2D eigenvalue weighted by atomic mass is 32.2. The van der Waals surface area contributed by atoms with Crippen LogP contribution in [-0.2, 0) is 17.8 Å². The molecule has 1 aliphatic rings. The molecule has 3 aromatic rings. The minimum absolute atomic E-state index is 0.0708. The maximum Gasteiger partial charge on any atom is 0.343 e. The van der Waals surface area contributed by atoms with Crippen LogP contribution in [-0.4, -0.2) is 38.8 Å². The fraction of sp³-hybridized carbons (Fsp3) is 0.273. The zero-order valence-corrected chi connectivity index (χ0v) is 17.2. The van der Waals surface area contributed by atoms with Crippen LogP contribution in [0.4, 0.5) is 5.69 Å². The summed E-state index contributed by atoms with van der Waals surface area (Å²) < 4.78 is 1.56. The van der Waals surface area contributed by atoms with Crippen molar-refractivity contribution in [3.05, 3.63) is 76.2 Å². The van der Waals surface area contributed by atoms with Gasteiger partial charge in [-0.25, -0.2) is 9.89 Å². The number of carbonyl (C=O) groups excluding carboxylic acids is 2. The van der Waals surface area contributed by atoms with Gasteiger partial charge in [0.25, 0.3) is 0 Å². The van der Waals surface area contributed by atoms with E-state index < -0.39 is 0 Å². The number of nitrogens with zero attached hydrogens (tertiary/aromatic N) is 3. The molecule has 0 spiro atoms. The quantitative estimate of drug-likeness (QED) is 0.445. The number of hydrogen-bond acceptors (Lipinski definition) is 5. The van der Waals surface area contributed by atoms with Crippen molar-refractivity contribution in [3.63, 3.8) is 0 Å². The molecule has 0 saturated carbocycles. The molecule has 0 unspecified atom stereocenters. The molecule has 1 fully saturated rings. The van der Waals surface area contributed by atoms with Gasteiger partial charge in [0.2, 0.25) is 5.91 Å². The van der Waals surface area contributed by atoms with Crippen LogP contribution in [0.3, 0.4) is 0 Å². The van der Waals surface area contributed by atoms with Crippen LogP contribution in [0.15, 0.2) is 64.5 Å². The number of hydrogen-bond donors (Lipinski definition) is 1. The third kappa shape index (κ3) is 4.54. The molecule has 0 aliphatic carbocycles. The molecule has 30 heavy (non-hydrogen) atoms. The molecule has 0 radical (unpaired) electrons. The van der Waals surface area contributed by atoms with Crippen LogP contribution in [0.5, 0.6) is 0 Å². The molecule has 7 nitrogen and oxygen atoms in total. The number of amides is 1. The zero-order chi connectivity index (χ0) is 20.9. The number of anilines is 1. The van der Waals surface area contributed by atoms with E-state index in [1.54, 1.807) is 27.7 Å². The summed E-state index contributed by atoms with van der Waals surface area (Å²) in [5.74, 6) is 0.180. The molecular formula is C22H22N4O3S. The Bertz CT molecular complexity index is 1110. The largest absolute Gasteiger partial charge is 0.343 e. The molecule has 1 N–H and O–H groups in total. The fourth-order valence-corrected chi connectivity index (χ4v) is 4.35. The van der Waals surface area contributed by atoms with Crippen molar-refractivity contribution in [2.75, 3.05) is 17.2 Å². The van der Waals surface area contributed by atoms with E-state index in [9.17, 15) is 14.4 Å². The number of aromatic nitrogens is 3. The SMILES string of the molecule is O=C(CSc1n[nH]c(=O)n1CCc1ccccc1)c1cccc(N2CCCC2=O)c1. The van der Waals surface area contributed by atoms with Crippen LogP contribution < -0.4 is 10.6 Å². The Morgan fingerprint density at radius 2 is 1.93 bits per heavy atom. The Balaban J connectivity index is 1.41.